The molecule has 0 aliphatic carbocycles. The lowest BCUT2D eigenvalue weighted by Crippen LogP contribution is -2.31. The lowest BCUT2D eigenvalue weighted by Gasteiger charge is -2.10. The van der Waals surface area contributed by atoms with E-state index in [1.54, 1.807) is 7.11 Å². The summed E-state index contributed by atoms with van der Waals surface area (Å²) in [5.74, 6) is -0.0504. The molecule has 0 fully saturated rings. The van der Waals surface area contributed by atoms with Crippen LogP contribution in [0.5, 0.6) is 0 Å². The van der Waals surface area contributed by atoms with Gasteiger partial charge in [0.1, 0.15) is 0 Å². The maximum absolute atomic E-state index is 11.8. The largest absolute Gasteiger partial charge is 0.383 e. The third-order valence-electron chi connectivity index (χ3n) is 1.95. The van der Waals surface area contributed by atoms with Crippen molar-refractivity contribution in [2.24, 2.45) is 0 Å². The molecule has 5 heteroatoms. The summed E-state index contributed by atoms with van der Waals surface area (Å²) in [4.78, 5) is 11.9. The fourth-order valence-corrected chi connectivity index (χ4v) is 2.24. The third kappa shape index (κ3) is 4.39. The van der Waals surface area contributed by atoms with Gasteiger partial charge >= 0.3 is 0 Å². The maximum atomic E-state index is 11.8. The van der Waals surface area contributed by atoms with E-state index in [9.17, 15) is 4.79 Å². The van der Waals surface area contributed by atoms with Crippen molar-refractivity contribution in [2.75, 3.05) is 20.3 Å². The molecule has 1 aromatic carbocycles. The SMILES string of the molecule is COCC(Br)CNC(=O)c1ccccc1I. The summed E-state index contributed by atoms with van der Waals surface area (Å²) in [6.07, 6.45) is 0. The highest BCUT2D eigenvalue weighted by atomic mass is 127. The smallest absolute Gasteiger partial charge is 0.252 e. The average Bonchev–Trinajstić information content (AvgIpc) is 2.27. The van der Waals surface area contributed by atoms with Crippen molar-refractivity contribution in [2.45, 2.75) is 4.83 Å². The quantitative estimate of drug-likeness (QED) is 0.612. The molecule has 0 aliphatic rings. The summed E-state index contributed by atoms with van der Waals surface area (Å²) in [6.45, 7) is 1.13. The Morgan fingerprint density at radius 1 is 1.56 bits per heavy atom. The van der Waals surface area contributed by atoms with Gasteiger partial charge in [-0.25, -0.2) is 0 Å². The van der Waals surface area contributed by atoms with Crippen LogP contribution in [0.4, 0.5) is 0 Å². The van der Waals surface area contributed by atoms with Crippen LogP contribution < -0.4 is 5.32 Å². The minimum absolute atomic E-state index is 0.0504. The summed E-state index contributed by atoms with van der Waals surface area (Å²) in [5, 5.41) is 2.85. The van der Waals surface area contributed by atoms with Gasteiger partial charge in [-0.2, -0.15) is 0 Å². The molecule has 1 atom stereocenters. The molecule has 0 spiro atoms. The molecule has 0 heterocycles. The zero-order chi connectivity index (χ0) is 12.0. The molecule has 0 aliphatic heterocycles. The predicted octanol–water partition coefficient (Wildman–Crippen LogP) is 2.43. The molecular formula is C11H13BrINO2. The Bertz CT molecular complexity index is 360. The van der Waals surface area contributed by atoms with Gasteiger partial charge in [0.05, 0.1) is 17.0 Å². The van der Waals surface area contributed by atoms with Crippen LogP contribution in [0.15, 0.2) is 24.3 Å². The Labute approximate surface area is 117 Å². The Balaban J connectivity index is 2.50. The topological polar surface area (TPSA) is 38.3 Å². The highest BCUT2D eigenvalue weighted by Gasteiger charge is 2.10. The number of alkyl halides is 1. The number of rotatable bonds is 5. The van der Waals surface area contributed by atoms with Crippen molar-refractivity contribution in [1.29, 1.82) is 0 Å². The molecular weight excluding hydrogens is 385 g/mol. The molecule has 1 rings (SSSR count). The number of halogens is 2. The van der Waals surface area contributed by atoms with E-state index in [1.165, 1.54) is 0 Å². The van der Waals surface area contributed by atoms with Crippen LogP contribution in [-0.4, -0.2) is 31.0 Å². The van der Waals surface area contributed by atoms with Crippen LogP contribution in [0.3, 0.4) is 0 Å². The maximum Gasteiger partial charge on any atom is 0.252 e. The van der Waals surface area contributed by atoms with Crippen LogP contribution in [0, 0.1) is 3.57 Å². The monoisotopic (exact) mass is 397 g/mol. The van der Waals surface area contributed by atoms with Crippen LogP contribution in [-0.2, 0) is 4.74 Å². The molecule has 0 aromatic heterocycles. The zero-order valence-electron chi connectivity index (χ0n) is 8.87. The highest BCUT2D eigenvalue weighted by Crippen LogP contribution is 2.11. The molecule has 0 saturated carbocycles. The van der Waals surface area contributed by atoms with Gasteiger partial charge in [-0.15, -0.1) is 0 Å². The summed E-state index contributed by atoms with van der Waals surface area (Å²) in [5.41, 5.74) is 0.709. The molecule has 0 bridgehead atoms. The molecule has 1 amide bonds. The standard InChI is InChI=1S/C11H13BrINO2/c1-16-7-8(12)6-14-11(15)9-4-2-3-5-10(9)13/h2-5,8H,6-7H2,1H3,(H,14,15). The molecule has 1 aromatic rings. The van der Waals surface area contributed by atoms with Gasteiger partial charge in [-0.3, -0.25) is 4.79 Å². The minimum atomic E-state index is -0.0504. The molecule has 16 heavy (non-hydrogen) atoms. The Kier molecular flexibility index (Phi) is 6.30. The van der Waals surface area contributed by atoms with E-state index in [0.29, 0.717) is 18.7 Å². The molecule has 1 unspecified atom stereocenters. The van der Waals surface area contributed by atoms with E-state index in [2.05, 4.69) is 43.8 Å². The van der Waals surface area contributed by atoms with Gasteiger partial charge < -0.3 is 10.1 Å². The number of benzene rings is 1. The molecule has 0 saturated heterocycles. The van der Waals surface area contributed by atoms with Crippen LogP contribution in [0.1, 0.15) is 10.4 Å². The first-order valence-corrected chi connectivity index (χ1v) is 6.80. The normalized spacial score (nSPS) is 12.2. The first-order valence-electron chi connectivity index (χ1n) is 4.81. The van der Waals surface area contributed by atoms with Crippen LogP contribution in [0.25, 0.3) is 0 Å². The van der Waals surface area contributed by atoms with E-state index in [4.69, 9.17) is 4.74 Å². The number of hydrogen-bond donors (Lipinski definition) is 1. The second-order valence-corrected chi connectivity index (χ2v) is 5.70. The predicted molar refractivity (Wildman–Crippen MR) is 76.1 cm³/mol. The Morgan fingerprint density at radius 2 is 2.25 bits per heavy atom. The van der Waals surface area contributed by atoms with E-state index in [-0.39, 0.29) is 10.7 Å². The van der Waals surface area contributed by atoms with Crippen LogP contribution in [0.2, 0.25) is 0 Å². The number of ether oxygens (including phenoxy) is 1. The fraction of sp³-hybridized carbons (Fsp3) is 0.364. The van der Waals surface area contributed by atoms with Crippen LogP contribution >= 0.6 is 38.5 Å². The van der Waals surface area contributed by atoms with Gasteiger partial charge in [-0.1, -0.05) is 28.1 Å². The number of carbonyl (C=O) groups is 1. The Hall–Kier alpha value is -0.140. The van der Waals surface area contributed by atoms with Gasteiger partial charge in [0, 0.05) is 17.2 Å². The number of amides is 1. The fourth-order valence-electron chi connectivity index (χ4n) is 1.18. The Morgan fingerprint density at radius 3 is 2.88 bits per heavy atom. The van der Waals surface area contributed by atoms with E-state index < -0.39 is 0 Å². The minimum Gasteiger partial charge on any atom is -0.383 e. The van der Waals surface area contributed by atoms with Gasteiger partial charge in [0.2, 0.25) is 0 Å². The molecule has 0 radical (unpaired) electrons. The number of nitrogens with one attached hydrogen (secondary N) is 1. The van der Waals surface area contributed by atoms with Crippen molar-refractivity contribution in [3.05, 3.63) is 33.4 Å². The van der Waals surface area contributed by atoms with Crippen molar-refractivity contribution in [1.82, 2.24) is 5.32 Å². The summed E-state index contributed by atoms with van der Waals surface area (Å²) < 4.78 is 5.92. The number of carbonyl (C=O) groups excluding carboxylic acids is 1. The van der Waals surface area contributed by atoms with E-state index in [0.717, 1.165) is 3.57 Å². The van der Waals surface area contributed by atoms with Gasteiger partial charge in [0.25, 0.3) is 5.91 Å². The van der Waals surface area contributed by atoms with Crippen molar-refractivity contribution in [3.63, 3.8) is 0 Å². The highest BCUT2D eigenvalue weighted by molar-refractivity contribution is 14.1. The zero-order valence-corrected chi connectivity index (χ0v) is 12.6. The third-order valence-corrected chi connectivity index (χ3v) is 3.48. The number of hydrogen-bond acceptors (Lipinski definition) is 2. The summed E-state index contributed by atoms with van der Waals surface area (Å²) in [6, 6.07) is 7.50. The van der Waals surface area contributed by atoms with Gasteiger partial charge in [0.15, 0.2) is 0 Å². The van der Waals surface area contributed by atoms with Crippen molar-refractivity contribution >= 4 is 44.4 Å². The first-order chi connectivity index (χ1) is 7.65. The lowest BCUT2D eigenvalue weighted by molar-refractivity contribution is 0.0949. The second-order valence-electron chi connectivity index (χ2n) is 3.24. The first kappa shape index (κ1) is 13.9. The average molecular weight is 398 g/mol. The molecule has 3 nitrogen and oxygen atoms in total. The van der Waals surface area contributed by atoms with E-state index >= 15 is 0 Å². The molecule has 1 N–H and O–H groups in total. The summed E-state index contributed by atoms with van der Waals surface area (Å²) in [7, 11) is 1.64. The van der Waals surface area contributed by atoms with Crippen molar-refractivity contribution < 1.29 is 9.53 Å². The van der Waals surface area contributed by atoms with Crippen molar-refractivity contribution in [3.8, 4) is 0 Å². The summed E-state index contributed by atoms with van der Waals surface area (Å²) >= 11 is 5.57. The lowest BCUT2D eigenvalue weighted by atomic mass is 10.2. The van der Waals surface area contributed by atoms with Gasteiger partial charge in [-0.05, 0) is 34.7 Å². The van der Waals surface area contributed by atoms with E-state index in [1.807, 2.05) is 24.3 Å². The molecule has 88 valence electrons. The second kappa shape index (κ2) is 7.24. The number of methoxy groups -OCH3 is 1.